The zero-order valence-electron chi connectivity index (χ0n) is 8.65. The Kier molecular flexibility index (Phi) is 3.66. The van der Waals surface area contributed by atoms with Crippen molar-refractivity contribution in [3.8, 4) is 0 Å². The number of thioether (sulfide) groups is 1. The van der Waals surface area contributed by atoms with Gasteiger partial charge >= 0.3 is 0 Å². The van der Waals surface area contributed by atoms with Crippen LogP contribution in [0.2, 0.25) is 0 Å². The molecular formula is C11H10BrFN2S. The van der Waals surface area contributed by atoms with Crippen LogP contribution in [0.15, 0.2) is 40.0 Å². The molecule has 0 saturated heterocycles. The zero-order valence-corrected chi connectivity index (χ0v) is 11.1. The van der Waals surface area contributed by atoms with Gasteiger partial charge in [0.2, 0.25) is 0 Å². The highest BCUT2D eigenvalue weighted by Gasteiger charge is 2.06. The average Bonchev–Trinajstić information content (AvgIpc) is 2.67. The number of aryl methyl sites for hydroxylation is 1. The van der Waals surface area contributed by atoms with Crippen LogP contribution < -0.4 is 0 Å². The first kappa shape index (κ1) is 11.7. The van der Waals surface area contributed by atoms with Crippen LogP contribution in [0.3, 0.4) is 0 Å². The normalized spacial score (nSPS) is 10.7. The van der Waals surface area contributed by atoms with Gasteiger partial charge in [0.1, 0.15) is 5.82 Å². The second-order valence-corrected chi connectivity index (χ2v) is 5.19. The highest BCUT2D eigenvalue weighted by Crippen LogP contribution is 2.27. The van der Waals surface area contributed by atoms with Crippen LogP contribution >= 0.6 is 27.7 Å². The number of hydrogen-bond donors (Lipinski definition) is 0. The van der Waals surface area contributed by atoms with Crippen LogP contribution in [-0.2, 0) is 12.8 Å². The van der Waals surface area contributed by atoms with E-state index in [2.05, 4.69) is 21.0 Å². The summed E-state index contributed by atoms with van der Waals surface area (Å²) in [5, 5.41) is 4.08. The molecule has 0 bridgehead atoms. The van der Waals surface area contributed by atoms with Crippen LogP contribution in [0.25, 0.3) is 0 Å². The lowest BCUT2D eigenvalue weighted by atomic mass is 10.2. The molecule has 5 heteroatoms. The van der Waals surface area contributed by atoms with Crippen molar-refractivity contribution in [2.75, 3.05) is 0 Å². The van der Waals surface area contributed by atoms with E-state index in [4.69, 9.17) is 0 Å². The Morgan fingerprint density at radius 2 is 2.31 bits per heavy atom. The van der Waals surface area contributed by atoms with Gasteiger partial charge in [0.15, 0.2) is 0 Å². The summed E-state index contributed by atoms with van der Waals surface area (Å²) in [6, 6.07) is 5.08. The molecule has 0 unspecified atom stereocenters. The summed E-state index contributed by atoms with van der Waals surface area (Å²) in [6.45, 7) is 0. The van der Waals surface area contributed by atoms with Gasteiger partial charge in [-0.15, -0.1) is 11.8 Å². The third-order valence-corrected chi connectivity index (χ3v) is 3.99. The predicted molar refractivity (Wildman–Crippen MR) is 66.9 cm³/mol. The van der Waals surface area contributed by atoms with E-state index in [0.29, 0.717) is 4.47 Å². The summed E-state index contributed by atoms with van der Waals surface area (Å²) in [6.07, 6.45) is 3.75. The summed E-state index contributed by atoms with van der Waals surface area (Å²) in [5.74, 6) is 0.508. The minimum absolute atomic E-state index is 0.218. The van der Waals surface area contributed by atoms with Crippen LogP contribution in [0, 0.1) is 5.82 Å². The molecule has 0 fully saturated rings. The standard InChI is InChI=1S/C11H10BrFN2S/c1-15-6-9(5-14-15)16-7-8-3-2-4-10(13)11(8)12/h2-6H,7H2,1H3. The van der Waals surface area contributed by atoms with Crippen molar-refractivity contribution in [2.45, 2.75) is 10.6 Å². The molecule has 0 amide bonds. The van der Waals surface area contributed by atoms with Gasteiger partial charge in [-0.1, -0.05) is 12.1 Å². The Hall–Kier alpha value is -0.810. The summed E-state index contributed by atoms with van der Waals surface area (Å²) in [5.41, 5.74) is 0.953. The maximum absolute atomic E-state index is 13.2. The fourth-order valence-electron chi connectivity index (χ4n) is 1.29. The van der Waals surface area contributed by atoms with Crippen LogP contribution in [-0.4, -0.2) is 9.78 Å². The molecule has 16 heavy (non-hydrogen) atoms. The van der Waals surface area contributed by atoms with Crippen molar-refractivity contribution in [3.05, 3.63) is 46.4 Å². The molecule has 2 rings (SSSR count). The van der Waals surface area contributed by atoms with E-state index >= 15 is 0 Å². The van der Waals surface area contributed by atoms with E-state index in [1.54, 1.807) is 28.7 Å². The molecule has 1 heterocycles. The molecule has 2 nitrogen and oxygen atoms in total. The summed E-state index contributed by atoms with van der Waals surface area (Å²) in [7, 11) is 1.88. The van der Waals surface area contributed by atoms with E-state index in [0.717, 1.165) is 16.2 Å². The van der Waals surface area contributed by atoms with Crippen molar-refractivity contribution in [2.24, 2.45) is 7.05 Å². The number of aromatic nitrogens is 2. The zero-order chi connectivity index (χ0) is 11.5. The highest BCUT2D eigenvalue weighted by atomic mass is 79.9. The maximum atomic E-state index is 13.2. The van der Waals surface area contributed by atoms with E-state index in [-0.39, 0.29) is 5.82 Å². The van der Waals surface area contributed by atoms with Crippen LogP contribution in [0.4, 0.5) is 4.39 Å². The van der Waals surface area contributed by atoms with E-state index in [9.17, 15) is 4.39 Å². The second-order valence-electron chi connectivity index (χ2n) is 3.35. The lowest BCUT2D eigenvalue weighted by molar-refractivity contribution is 0.619. The van der Waals surface area contributed by atoms with Gasteiger partial charge in [0.25, 0.3) is 0 Å². The third kappa shape index (κ3) is 2.65. The highest BCUT2D eigenvalue weighted by molar-refractivity contribution is 9.10. The Morgan fingerprint density at radius 3 is 3.00 bits per heavy atom. The molecule has 2 aromatic rings. The average molecular weight is 301 g/mol. The first-order chi connectivity index (χ1) is 7.66. The van der Waals surface area contributed by atoms with Gasteiger partial charge in [-0.25, -0.2) is 4.39 Å². The largest absolute Gasteiger partial charge is 0.275 e. The first-order valence-corrected chi connectivity index (χ1v) is 6.49. The van der Waals surface area contributed by atoms with Crippen molar-refractivity contribution in [1.29, 1.82) is 0 Å². The molecule has 1 aromatic heterocycles. The predicted octanol–water partition coefficient (Wildman–Crippen LogP) is 3.61. The molecule has 1 aromatic carbocycles. The molecule has 0 saturated carbocycles. The maximum Gasteiger partial charge on any atom is 0.137 e. The van der Waals surface area contributed by atoms with Gasteiger partial charge < -0.3 is 0 Å². The van der Waals surface area contributed by atoms with E-state index < -0.39 is 0 Å². The van der Waals surface area contributed by atoms with Gasteiger partial charge in [0, 0.05) is 23.9 Å². The monoisotopic (exact) mass is 300 g/mol. The summed E-state index contributed by atoms with van der Waals surface area (Å²) >= 11 is 4.89. The Labute approximate surface area is 106 Å². The molecule has 0 radical (unpaired) electrons. The Balaban J connectivity index is 2.07. The topological polar surface area (TPSA) is 17.8 Å². The molecular weight excluding hydrogens is 291 g/mol. The Bertz CT molecular complexity index is 498. The van der Waals surface area contributed by atoms with Crippen molar-refractivity contribution >= 4 is 27.7 Å². The number of nitrogens with zero attached hydrogens (tertiary/aromatic N) is 2. The van der Waals surface area contributed by atoms with Gasteiger partial charge in [0.05, 0.1) is 10.7 Å². The van der Waals surface area contributed by atoms with Gasteiger partial charge in [-0.2, -0.15) is 5.10 Å². The second kappa shape index (κ2) is 5.01. The van der Waals surface area contributed by atoms with Crippen molar-refractivity contribution < 1.29 is 4.39 Å². The third-order valence-electron chi connectivity index (χ3n) is 2.11. The molecule has 0 spiro atoms. The molecule has 0 aliphatic heterocycles. The molecule has 0 aliphatic rings. The van der Waals surface area contributed by atoms with Crippen LogP contribution in [0.5, 0.6) is 0 Å². The van der Waals surface area contributed by atoms with Crippen molar-refractivity contribution in [3.63, 3.8) is 0 Å². The fourth-order valence-corrected chi connectivity index (χ4v) is 2.80. The number of rotatable bonds is 3. The molecule has 0 aliphatic carbocycles. The van der Waals surface area contributed by atoms with Crippen LogP contribution in [0.1, 0.15) is 5.56 Å². The van der Waals surface area contributed by atoms with E-state index in [1.165, 1.54) is 6.07 Å². The van der Waals surface area contributed by atoms with Gasteiger partial charge in [-0.3, -0.25) is 4.68 Å². The summed E-state index contributed by atoms with van der Waals surface area (Å²) < 4.78 is 15.5. The number of halogens is 2. The number of hydrogen-bond acceptors (Lipinski definition) is 2. The lowest BCUT2D eigenvalue weighted by Gasteiger charge is -2.03. The fraction of sp³-hybridized carbons (Fsp3) is 0.182. The summed E-state index contributed by atoms with van der Waals surface area (Å²) in [4.78, 5) is 1.08. The Morgan fingerprint density at radius 1 is 1.50 bits per heavy atom. The molecule has 84 valence electrons. The van der Waals surface area contributed by atoms with Crippen molar-refractivity contribution in [1.82, 2.24) is 9.78 Å². The number of benzene rings is 1. The van der Waals surface area contributed by atoms with E-state index in [1.807, 2.05) is 19.3 Å². The molecule has 0 atom stereocenters. The molecule has 0 N–H and O–H groups in total. The first-order valence-electron chi connectivity index (χ1n) is 4.71. The minimum Gasteiger partial charge on any atom is -0.275 e. The SMILES string of the molecule is Cn1cc(SCc2cccc(F)c2Br)cn1. The quantitative estimate of drug-likeness (QED) is 0.806. The lowest BCUT2D eigenvalue weighted by Crippen LogP contribution is -1.86. The smallest absolute Gasteiger partial charge is 0.137 e. The minimum atomic E-state index is -0.218. The van der Waals surface area contributed by atoms with Gasteiger partial charge in [-0.05, 0) is 27.6 Å².